The number of nitrogens with one attached hydrogen (secondary N) is 1. The molecule has 57 heavy (non-hydrogen) atoms. The van der Waals surface area contributed by atoms with Crippen LogP contribution in [0.1, 0.15) is 265 Å². The smallest absolute Gasteiger partial charge is 0.306 e. The van der Waals surface area contributed by atoms with Crippen LogP contribution in [0.5, 0.6) is 0 Å². The summed E-state index contributed by atoms with van der Waals surface area (Å²) in [7, 11) is 0. The van der Waals surface area contributed by atoms with Crippen LogP contribution in [0.4, 0.5) is 0 Å². The Labute approximate surface area is 354 Å². The van der Waals surface area contributed by atoms with E-state index in [-0.39, 0.29) is 24.9 Å². The molecule has 0 aliphatic heterocycles. The fraction of sp³-hybridized carbons (Fsp3) is 0.882. The number of amides is 1. The molecule has 6 heteroatoms. The lowest BCUT2D eigenvalue weighted by atomic mass is 10.0. The minimum atomic E-state index is -0.806. The Kier molecular flexibility index (Phi) is 44.1. The monoisotopic (exact) mass is 804 g/mol. The Bertz CT molecular complexity index is 904. The summed E-state index contributed by atoms with van der Waals surface area (Å²) in [6.45, 7) is 6.44. The second-order valence-electron chi connectivity index (χ2n) is 17.2. The molecule has 3 unspecified atom stereocenters. The molecule has 0 saturated carbocycles. The molecule has 0 spiro atoms. The summed E-state index contributed by atoms with van der Waals surface area (Å²) in [5.74, 6) is -0.594. The summed E-state index contributed by atoms with van der Waals surface area (Å²) < 4.78 is 5.80. The first-order chi connectivity index (χ1) is 28.0. The molecule has 336 valence electrons. The minimum absolute atomic E-state index is 0.0237. The van der Waals surface area contributed by atoms with Crippen molar-refractivity contribution in [3.05, 3.63) is 24.3 Å². The Balaban J connectivity index is 4.51. The predicted molar refractivity (Wildman–Crippen MR) is 246 cm³/mol. The van der Waals surface area contributed by atoms with E-state index in [0.717, 1.165) is 51.4 Å². The molecule has 3 atom stereocenters. The average Bonchev–Trinajstić information content (AvgIpc) is 3.20. The largest absolute Gasteiger partial charge is 0.458 e. The first-order valence-electron chi connectivity index (χ1n) is 25.1. The SMILES string of the molecule is CCCCCCCC/C=C\C/C=C/C(CC(=O)NC(CO)C(O)CCCCCCCCCCCCCCCCCCC)OC(=O)CCCCCCCCCCCC. The lowest BCUT2D eigenvalue weighted by Gasteiger charge is -2.23. The second kappa shape index (κ2) is 45.4. The van der Waals surface area contributed by atoms with Crippen LogP contribution in [0.15, 0.2) is 24.3 Å². The molecule has 0 fully saturated rings. The van der Waals surface area contributed by atoms with Crippen LogP contribution in [0.25, 0.3) is 0 Å². The summed E-state index contributed by atoms with van der Waals surface area (Å²) in [4.78, 5) is 25.9. The molecular formula is C51H97NO5. The molecule has 3 N–H and O–H groups in total. The molecule has 1 amide bonds. The number of carbonyl (C=O) groups is 2. The van der Waals surface area contributed by atoms with Crippen molar-refractivity contribution in [2.45, 2.75) is 283 Å². The molecular weight excluding hydrogens is 707 g/mol. The van der Waals surface area contributed by atoms with E-state index in [2.05, 4.69) is 38.2 Å². The molecule has 0 aliphatic carbocycles. The highest BCUT2D eigenvalue weighted by atomic mass is 16.5. The zero-order chi connectivity index (χ0) is 41.7. The molecule has 0 aromatic rings. The van der Waals surface area contributed by atoms with E-state index in [1.54, 1.807) is 0 Å². The van der Waals surface area contributed by atoms with Crippen LogP contribution < -0.4 is 5.32 Å². The summed E-state index contributed by atoms with van der Waals surface area (Å²) in [6.07, 6.45) is 51.3. The molecule has 0 heterocycles. The fourth-order valence-electron chi connectivity index (χ4n) is 7.69. The van der Waals surface area contributed by atoms with Gasteiger partial charge >= 0.3 is 5.97 Å². The molecule has 0 bridgehead atoms. The maximum Gasteiger partial charge on any atom is 0.306 e. The number of carbonyl (C=O) groups excluding carboxylic acids is 2. The number of ether oxygens (including phenoxy) is 1. The minimum Gasteiger partial charge on any atom is -0.458 e. The van der Waals surface area contributed by atoms with Crippen LogP contribution in [0.2, 0.25) is 0 Å². The number of allylic oxidation sites excluding steroid dienone is 3. The number of hydrogen-bond acceptors (Lipinski definition) is 5. The van der Waals surface area contributed by atoms with Gasteiger partial charge in [-0.1, -0.05) is 238 Å². The lowest BCUT2D eigenvalue weighted by Crippen LogP contribution is -2.46. The van der Waals surface area contributed by atoms with Crippen LogP contribution in [-0.2, 0) is 14.3 Å². The molecule has 0 aromatic heterocycles. The average molecular weight is 804 g/mol. The quantitative estimate of drug-likeness (QED) is 0.0324. The Morgan fingerprint density at radius 1 is 0.526 bits per heavy atom. The molecule has 0 aromatic carbocycles. The number of unbranched alkanes of at least 4 members (excludes halogenated alkanes) is 31. The third-order valence-corrected chi connectivity index (χ3v) is 11.5. The third-order valence-electron chi connectivity index (χ3n) is 11.5. The van der Waals surface area contributed by atoms with Gasteiger partial charge in [-0.3, -0.25) is 9.59 Å². The zero-order valence-electron chi connectivity index (χ0n) is 38.2. The van der Waals surface area contributed by atoms with Crippen molar-refractivity contribution >= 4 is 11.9 Å². The standard InChI is InChI=1S/C51H97NO5/c1-4-7-10-13-16-19-22-23-24-25-26-27-29-31-34-37-40-43-49(54)48(46-53)52-50(55)45-47(42-39-36-33-30-28-20-17-14-11-8-5-2)57-51(56)44-41-38-35-32-21-18-15-12-9-6-3/h30,33,39,42,47-49,53-54H,4-29,31-32,34-38,40-41,43-46H2,1-3H3,(H,52,55)/b33-30-,42-39+. The molecule has 6 nitrogen and oxygen atoms in total. The van der Waals surface area contributed by atoms with Gasteiger partial charge < -0.3 is 20.3 Å². The first-order valence-corrected chi connectivity index (χ1v) is 25.1. The predicted octanol–water partition coefficient (Wildman–Crippen LogP) is 14.7. The maximum absolute atomic E-state index is 13.1. The number of aliphatic hydroxyl groups excluding tert-OH is 2. The summed E-state index contributed by atoms with van der Waals surface area (Å²) >= 11 is 0. The first kappa shape index (κ1) is 55.3. The number of hydrogen-bond donors (Lipinski definition) is 3. The van der Waals surface area contributed by atoms with Gasteiger partial charge in [-0.05, 0) is 38.2 Å². The topological polar surface area (TPSA) is 95.9 Å². The van der Waals surface area contributed by atoms with E-state index >= 15 is 0 Å². The van der Waals surface area contributed by atoms with Crippen molar-refractivity contribution in [2.75, 3.05) is 6.61 Å². The fourth-order valence-corrected chi connectivity index (χ4v) is 7.69. The zero-order valence-corrected chi connectivity index (χ0v) is 38.2. The third kappa shape index (κ3) is 40.9. The maximum atomic E-state index is 13.1. The number of esters is 1. The lowest BCUT2D eigenvalue weighted by molar-refractivity contribution is -0.148. The highest BCUT2D eigenvalue weighted by Gasteiger charge is 2.23. The van der Waals surface area contributed by atoms with Crippen LogP contribution in [0, 0.1) is 0 Å². The highest BCUT2D eigenvalue weighted by Crippen LogP contribution is 2.17. The van der Waals surface area contributed by atoms with Crippen LogP contribution in [0.3, 0.4) is 0 Å². The van der Waals surface area contributed by atoms with Gasteiger partial charge in [0.1, 0.15) is 6.10 Å². The van der Waals surface area contributed by atoms with E-state index in [0.29, 0.717) is 12.8 Å². The normalized spacial score (nSPS) is 13.4. The van der Waals surface area contributed by atoms with Crippen molar-refractivity contribution in [3.8, 4) is 0 Å². The van der Waals surface area contributed by atoms with Gasteiger partial charge in [0, 0.05) is 6.42 Å². The van der Waals surface area contributed by atoms with E-state index < -0.39 is 18.2 Å². The Morgan fingerprint density at radius 2 is 0.930 bits per heavy atom. The van der Waals surface area contributed by atoms with Crippen LogP contribution >= 0.6 is 0 Å². The number of aliphatic hydroxyl groups is 2. The van der Waals surface area contributed by atoms with Gasteiger partial charge in [0.15, 0.2) is 0 Å². The van der Waals surface area contributed by atoms with Gasteiger partial charge in [-0.15, -0.1) is 0 Å². The highest BCUT2D eigenvalue weighted by molar-refractivity contribution is 5.78. The van der Waals surface area contributed by atoms with E-state index in [4.69, 9.17) is 4.74 Å². The van der Waals surface area contributed by atoms with Gasteiger partial charge in [-0.2, -0.15) is 0 Å². The van der Waals surface area contributed by atoms with Crippen molar-refractivity contribution < 1.29 is 24.5 Å². The van der Waals surface area contributed by atoms with E-state index in [1.807, 2.05) is 12.2 Å². The Morgan fingerprint density at radius 3 is 1.37 bits per heavy atom. The molecule has 0 radical (unpaired) electrons. The summed E-state index contributed by atoms with van der Waals surface area (Å²) in [6, 6.07) is -0.726. The summed E-state index contributed by atoms with van der Waals surface area (Å²) in [5.41, 5.74) is 0. The molecule has 0 aliphatic rings. The molecule has 0 saturated heterocycles. The molecule has 0 rings (SSSR count). The van der Waals surface area contributed by atoms with Crippen molar-refractivity contribution in [3.63, 3.8) is 0 Å². The second-order valence-corrected chi connectivity index (χ2v) is 17.2. The van der Waals surface area contributed by atoms with Gasteiger partial charge in [0.05, 0.1) is 25.2 Å². The van der Waals surface area contributed by atoms with Crippen molar-refractivity contribution in [1.82, 2.24) is 5.32 Å². The van der Waals surface area contributed by atoms with Crippen molar-refractivity contribution in [2.24, 2.45) is 0 Å². The summed E-state index contributed by atoms with van der Waals surface area (Å²) in [5, 5.41) is 23.7. The van der Waals surface area contributed by atoms with E-state index in [1.165, 1.54) is 173 Å². The van der Waals surface area contributed by atoms with E-state index in [9.17, 15) is 19.8 Å². The van der Waals surface area contributed by atoms with Gasteiger partial charge in [-0.25, -0.2) is 0 Å². The van der Waals surface area contributed by atoms with Crippen molar-refractivity contribution in [1.29, 1.82) is 0 Å². The Hall–Kier alpha value is -1.66. The van der Waals surface area contributed by atoms with Gasteiger partial charge in [0.25, 0.3) is 0 Å². The van der Waals surface area contributed by atoms with Crippen LogP contribution in [-0.4, -0.2) is 46.9 Å². The number of rotatable bonds is 45. The van der Waals surface area contributed by atoms with Gasteiger partial charge in [0.2, 0.25) is 5.91 Å².